The van der Waals surface area contributed by atoms with Gasteiger partial charge in [0.15, 0.2) is 0 Å². The fourth-order valence-corrected chi connectivity index (χ4v) is 3.22. The average molecular weight is 309 g/mol. The van der Waals surface area contributed by atoms with E-state index in [9.17, 15) is 9.59 Å². The highest BCUT2D eigenvalue weighted by Crippen LogP contribution is 2.28. The molecule has 114 valence electrons. The number of aliphatic imine (C=N–C) groups is 1. The van der Waals surface area contributed by atoms with Gasteiger partial charge in [0, 0.05) is 18.1 Å². The number of urea groups is 1. The molecular formula is C13H19N5O2S. The van der Waals surface area contributed by atoms with Crippen LogP contribution in [-0.2, 0) is 4.79 Å². The Morgan fingerprint density at radius 2 is 2.29 bits per heavy atom. The van der Waals surface area contributed by atoms with E-state index >= 15 is 0 Å². The summed E-state index contributed by atoms with van der Waals surface area (Å²) in [5.74, 6) is 1.52. The van der Waals surface area contributed by atoms with Gasteiger partial charge in [-0.2, -0.15) is 4.37 Å². The minimum Gasteiger partial charge on any atom is -0.338 e. The van der Waals surface area contributed by atoms with E-state index in [4.69, 9.17) is 0 Å². The first-order valence-electron chi connectivity index (χ1n) is 7.06. The maximum Gasteiger partial charge on any atom is 0.321 e. The summed E-state index contributed by atoms with van der Waals surface area (Å²) in [6.07, 6.45) is 5.89. The summed E-state index contributed by atoms with van der Waals surface area (Å²) in [4.78, 5) is 29.7. The van der Waals surface area contributed by atoms with Gasteiger partial charge in [0.25, 0.3) is 0 Å². The number of carbonyl (C=O) groups is 1. The molecule has 2 amide bonds. The standard InChI is InChI=1S/C13H19N5O2S/c1-9-16-13(21-18-9)17-12(20)15-7-11-4-2-3-10(5-11)6-14-8-19/h10-11H,2-7H2,1H3,(H2,15,16,17,18,20). The number of aromatic nitrogens is 2. The smallest absolute Gasteiger partial charge is 0.321 e. The van der Waals surface area contributed by atoms with Crippen molar-refractivity contribution in [2.45, 2.75) is 32.6 Å². The van der Waals surface area contributed by atoms with Crippen molar-refractivity contribution in [1.29, 1.82) is 0 Å². The molecule has 2 N–H and O–H groups in total. The summed E-state index contributed by atoms with van der Waals surface area (Å²) in [6, 6.07) is -0.251. The first kappa shape index (κ1) is 15.6. The summed E-state index contributed by atoms with van der Waals surface area (Å²) in [6.45, 7) is 2.96. The molecule has 2 rings (SSSR count). The lowest BCUT2D eigenvalue weighted by Gasteiger charge is -2.27. The molecule has 1 saturated carbocycles. The van der Waals surface area contributed by atoms with Gasteiger partial charge in [-0.1, -0.05) is 6.42 Å². The van der Waals surface area contributed by atoms with E-state index in [-0.39, 0.29) is 6.03 Å². The molecule has 2 unspecified atom stereocenters. The highest BCUT2D eigenvalue weighted by atomic mass is 32.1. The topological polar surface area (TPSA) is 96.3 Å². The van der Waals surface area contributed by atoms with Crippen molar-refractivity contribution in [3.8, 4) is 0 Å². The van der Waals surface area contributed by atoms with E-state index in [1.54, 1.807) is 13.0 Å². The zero-order valence-electron chi connectivity index (χ0n) is 12.0. The van der Waals surface area contributed by atoms with Crippen LogP contribution in [0.4, 0.5) is 9.93 Å². The first-order chi connectivity index (χ1) is 10.2. The van der Waals surface area contributed by atoms with Gasteiger partial charge in [-0.05, 0) is 38.0 Å². The Morgan fingerprint density at radius 3 is 3.00 bits per heavy atom. The molecule has 1 fully saturated rings. The molecule has 0 radical (unpaired) electrons. The predicted octanol–water partition coefficient (Wildman–Crippen LogP) is 2.11. The Bertz CT molecular complexity index is 526. The number of rotatable bonds is 5. The number of anilines is 1. The van der Waals surface area contributed by atoms with Crippen molar-refractivity contribution < 1.29 is 9.59 Å². The molecule has 0 saturated heterocycles. The van der Waals surface area contributed by atoms with Gasteiger partial charge in [0.05, 0.1) is 6.54 Å². The summed E-state index contributed by atoms with van der Waals surface area (Å²) in [5, 5.41) is 6.05. The third-order valence-electron chi connectivity index (χ3n) is 3.60. The van der Waals surface area contributed by atoms with E-state index in [0.717, 1.165) is 25.7 Å². The Balaban J connectivity index is 1.71. The van der Waals surface area contributed by atoms with Crippen molar-refractivity contribution in [3.63, 3.8) is 0 Å². The van der Waals surface area contributed by atoms with Gasteiger partial charge in [-0.3, -0.25) is 5.32 Å². The van der Waals surface area contributed by atoms with E-state index in [1.165, 1.54) is 11.5 Å². The van der Waals surface area contributed by atoms with Crippen LogP contribution in [0.5, 0.6) is 0 Å². The minimum absolute atomic E-state index is 0.251. The number of isocyanates is 1. The van der Waals surface area contributed by atoms with Gasteiger partial charge in [-0.25, -0.2) is 19.6 Å². The monoisotopic (exact) mass is 309 g/mol. The molecular weight excluding hydrogens is 290 g/mol. The van der Waals surface area contributed by atoms with Crippen molar-refractivity contribution in [1.82, 2.24) is 14.7 Å². The van der Waals surface area contributed by atoms with Crippen molar-refractivity contribution in [2.75, 3.05) is 18.4 Å². The van der Waals surface area contributed by atoms with E-state index < -0.39 is 0 Å². The zero-order valence-corrected chi connectivity index (χ0v) is 12.8. The zero-order chi connectivity index (χ0) is 15.1. The third kappa shape index (κ3) is 5.24. The lowest BCUT2D eigenvalue weighted by atomic mass is 9.81. The number of nitrogens with zero attached hydrogens (tertiary/aromatic N) is 3. The number of hydrogen-bond donors (Lipinski definition) is 2. The average Bonchev–Trinajstić information content (AvgIpc) is 2.88. The van der Waals surface area contributed by atoms with Gasteiger partial charge in [0.1, 0.15) is 5.82 Å². The maximum atomic E-state index is 11.8. The molecule has 1 aromatic heterocycles. The van der Waals surface area contributed by atoms with E-state index in [1.807, 2.05) is 0 Å². The van der Waals surface area contributed by atoms with Gasteiger partial charge in [0.2, 0.25) is 11.2 Å². The number of carbonyl (C=O) groups excluding carboxylic acids is 2. The van der Waals surface area contributed by atoms with Crippen LogP contribution in [0.2, 0.25) is 0 Å². The Kier molecular flexibility index (Phi) is 5.83. The molecule has 1 aromatic rings. The molecule has 0 aliphatic heterocycles. The minimum atomic E-state index is -0.251. The number of amides is 2. The summed E-state index contributed by atoms with van der Waals surface area (Å²) in [5.41, 5.74) is 0. The Labute approximate surface area is 127 Å². The highest BCUT2D eigenvalue weighted by molar-refractivity contribution is 7.09. The molecule has 0 bridgehead atoms. The number of aryl methyl sites for hydroxylation is 1. The van der Waals surface area contributed by atoms with Crippen LogP contribution in [0.25, 0.3) is 0 Å². The predicted molar refractivity (Wildman–Crippen MR) is 80.1 cm³/mol. The Hall–Kier alpha value is -1.79. The second kappa shape index (κ2) is 7.85. The van der Waals surface area contributed by atoms with Crippen LogP contribution in [0.15, 0.2) is 4.99 Å². The summed E-state index contributed by atoms with van der Waals surface area (Å²) >= 11 is 1.17. The number of hydrogen-bond acceptors (Lipinski definition) is 6. The van der Waals surface area contributed by atoms with E-state index in [0.29, 0.717) is 35.9 Å². The third-order valence-corrected chi connectivity index (χ3v) is 4.33. The summed E-state index contributed by atoms with van der Waals surface area (Å²) < 4.78 is 4.00. The lowest BCUT2D eigenvalue weighted by Crippen LogP contribution is -2.35. The van der Waals surface area contributed by atoms with E-state index in [2.05, 4.69) is 25.0 Å². The maximum absolute atomic E-state index is 11.8. The van der Waals surface area contributed by atoms with Crippen LogP contribution < -0.4 is 10.6 Å². The first-order valence-corrected chi connectivity index (χ1v) is 7.83. The van der Waals surface area contributed by atoms with Gasteiger partial charge < -0.3 is 5.32 Å². The molecule has 8 heteroatoms. The fourth-order valence-electron chi connectivity index (χ4n) is 2.65. The molecule has 0 aromatic carbocycles. The molecule has 1 heterocycles. The largest absolute Gasteiger partial charge is 0.338 e. The molecule has 1 aliphatic rings. The second-order valence-corrected chi connectivity index (χ2v) is 6.06. The van der Waals surface area contributed by atoms with Crippen LogP contribution in [0.3, 0.4) is 0 Å². The van der Waals surface area contributed by atoms with Crippen molar-refractivity contribution >= 4 is 28.8 Å². The van der Waals surface area contributed by atoms with Crippen LogP contribution in [0.1, 0.15) is 31.5 Å². The number of nitrogens with one attached hydrogen (secondary N) is 2. The molecule has 7 nitrogen and oxygen atoms in total. The van der Waals surface area contributed by atoms with Crippen LogP contribution in [0, 0.1) is 18.8 Å². The fraction of sp³-hybridized carbons (Fsp3) is 0.692. The Morgan fingerprint density at radius 1 is 1.48 bits per heavy atom. The summed E-state index contributed by atoms with van der Waals surface area (Å²) in [7, 11) is 0. The van der Waals surface area contributed by atoms with Crippen molar-refractivity contribution in [3.05, 3.63) is 5.82 Å². The van der Waals surface area contributed by atoms with Gasteiger partial charge >= 0.3 is 6.03 Å². The SMILES string of the molecule is Cc1nsc(NC(=O)NCC2CCCC(CN=C=O)C2)n1. The molecule has 0 spiro atoms. The van der Waals surface area contributed by atoms with Crippen LogP contribution in [-0.4, -0.2) is 34.6 Å². The van der Waals surface area contributed by atoms with Gasteiger partial charge in [-0.15, -0.1) is 0 Å². The molecule has 2 atom stereocenters. The highest BCUT2D eigenvalue weighted by Gasteiger charge is 2.22. The van der Waals surface area contributed by atoms with Crippen LogP contribution >= 0.6 is 11.5 Å². The normalized spacial score (nSPS) is 21.4. The molecule has 1 aliphatic carbocycles. The lowest BCUT2D eigenvalue weighted by molar-refractivity contribution is 0.239. The van der Waals surface area contributed by atoms with Crippen molar-refractivity contribution in [2.24, 2.45) is 16.8 Å². The molecule has 21 heavy (non-hydrogen) atoms. The second-order valence-electron chi connectivity index (χ2n) is 5.31. The quantitative estimate of drug-likeness (QED) is 0.643.